The van der Waals surface area contributed by atoms with Crippen LogP contribution in [-0.4, -0.2) is 49.6 Å². The number of thioether (sulfide) groups is 1. The average Bonchev–Trinajstić information content (AvgIpc) is 3.25. The minimum Gasteiger partial charge on any atom is -0.748 e. The van der Waals surface area contributed by atoms with Gasteiger partial charge in [0.2, 0.25) is 5.52 Å². The highest BCUT2D eigenvalue weighted by molar-refractivity contribution is 8.03. The zero-order chi connectivity index (χ0) is 20.1. The molecule has 0 unspecified atom stereocenters. The Balaban J connectivity index is 1.90. The maximum atomic E-state index is 11.0. The Bertz CT molecular complexity index is 996. The molecule has 9 heteroatoms. The third-order valence-corrected chi connectivity index (χ3v) is 7.49. The second-order valence-corrected chi connectivity index (χ2v) is 10.0. The first kappa shape index (κ1) is 21.2. The summed E-state index contributed by atoms with van der Waals surface area (Å²) in [5, 5.41) is 2.28. The lowest BCUT2D eigenvalue weighted by Crippen LogP contribution is -2.36. The molecule has 6 nitrogen and oxygen atoms in total. The van der Waals surface area contributed by atoms with Gasteiger partial charge < -0.3 is 14.2 Å². The number of benzene rings is 1. The van der Waals surface area contributed by atoms with Crippen LogP contribution in [0.3, 0.4) is 0 Å². The first-order valence-electron chi connectivity index (χ1n) is 9.11. The number of rotatable bonds is 8. The maximum absolute atomic E-state index is 11.0. The van der Waals surface area contributed by atoms with E-state index < -0.39 is 10.1 Å². The van der Waals surface area contributed by atoms with E-state index in [1.54, 1.807) is 18.4 Å². The third kappa shape index (κ3) is 5.28. The van der Waals surface area contributed by atoms with Crippen LogP contribution < -0.4 is 9.30 Å². The van der Waals surface area contributed by atoms with E-state index in [1.807, 2.05) is 42.1 Å². The van der Waals surface area contributed by atoms with Gasteiger partial charge in [-0.3, -0.25) is 0 Å². The van der Waals surface area contributed by atoms with E-state index in [0.717, 1.165) is 39.8 Å². The third-order valence-electron chi connectivity index (χ3n) is 4.50. The van der Waals surface area contributed by atoms with Crippen molar-refractivity contribution in [1.29, 1.82) is 0 Å². The van der Waals surface area contributed by atoms with Crippen LogP contribution in [0.25, 0.3) is 16.3 Å². The normalized spacial score (nSPS) is 16.7. The highest BCUT2D eigenvalue weighted by Gasteiger charge is 2.20. The molecule has 0 N–H and O–H groups in total. The lowest BCUT2D eigenvalue weighted by molar-refractivity contribution is -0.668. The summed E-state index contributed by atoms with van der Waals surface area (Å²) >= 11 is 3.49. The molecule has 1 saturated heterocycles. The zero-order valence-corrected chi connectivity index (χ0v) is 18.4. The number of fused-ring (bicyclic) bond motifs is 1. The Morgan fingerprint density at radius 2 is 2.21 bits per heavy atom. The lowest BCUT2D eigenvalue weighted by atomic mass is 10.3. The molecule has 0 aliphatic carbocycles. The SMILES string of the molecule is CCN1CCS/C1=C\C=C\c1sc2ccc(OC)cc2[n+]1CCCS(=O)(=O)[O-]. The number of ether oxygens (including phenoxy) is 1. The van der Waals surface area contributed by atoms with Crippen LogP contribution in [0.4, 0.5) is 0 Å². The van der Waals surface area contributed by atoms with Crippen molar-refractivity contribution in [3.63, 3.8) is 0 Å². The number of nitrogens with zero attached hydrogens (tertiary/aromatic N) is 2. The van der Waals surface area contributed by atoms with E-state index in [4.69, 9.17) is 4.74 Å². The van der Waals surface area contributed by atoms with E-state index in [1.165, 1.54) is 5.03 Å². The van der Waals surface area contributed by atoms with Gasteiger partial charge in [-0.05, 0) is 25.1 Å². The Morgan fingerprint density at radius 1 is 1.39 bits per heavy atom. The van der Waals surface area contributed by atoms with E-state index in [-0.39, 0.29) is 12.2 Å². The minimum absolute atomic E-state index is 0.279. The molecule has 0 atom stereocenters. The summed E-state index contributed by atoms with van der Waals surface area (Å²) in [4.78, 5) is 2.35. The fourth-order valence-corrected chi connectivity index (χ4v) is 5.77. The van der Waals surface area contributed by atoms with E-state index in [0.29, 0.717) is 6.54 Å². The summed E-state index contributed by atoms with van der Waals surface area (Å²) in [6.07, 6.45) is 6.49. The van der Waals surface area contributed by atoms with Gasteiger partial charge in [0.15, 0.2) is 6.54 Å². The molecule has 0 spiro atoms. The molecule has 1 aliphatic heterocycles. The number of aryl methyl sites for hydroxylation is 1. The van der Waals surface area contributed by atoms with Crippen molar-refractivity contribution in [3.05, 3.63) is 40.4 Å². The van der Waals surface area contributed by atoms with Gasteiger partial charge in [0.1, 0.15) is 10.4 Å². The Morgan fingerprint density at radius 3 is 2.93 bits per heavy atom. The van der Waals surface area contributed by atoms with Gasteiger partial charge in [0.05, 0.1) is 28.3 Å². The molecular formula is C19H24N2O4S3. The number of thiazole rings is 1. The first-order chi connectivity index (χ1) is 13.4. The molecular weight excluding hydrogens is 416 g/mol. The standard InChI is InChI=1S/C19H24N2O4S3/c1-3-20-11-12-26-18(20)6-4-7-19-21(10-5-13-28(22,23)24)16-14-15(25-2)8-9-17(16)27-19/h4,6-9,14H,3,5,10-13H2,1-2H3. The van der Waals surface area contributed by atoms with Crippen LogP contribution in [0.1, 0.15) is 18.4 Å². The fraction of sp³-hybridized carbons (Fsp3) is 0.421. The molecule has 2 aromatic rings. The number of aromatic nitrogens is 1. The smallest absolute Gasteiger partial charge is 0.262 e. The number of allylic oxidation sites excluding steroid dienone is 2. The van der Waals surface area contributed by atoms with Crippen molar-refractivity contribution in [1.82, 2.24) is 4.90 Å². The van der Waals surface area contributed by atoms with Crippen molar-refractivity contribution < 1.29 is 22.3 Å². The average molecular weight is 441 g/mol. The summed E-state index contributed by atoms with van der Waals surface area (Å²) < 4.78 is 41.4. The number of methoxy groups -OCH3 is 1. The molecule has 1 aromatic heterocycles. The second kappa shape index (κ2) is 9.30. The van der Waals surface area contributed by atoms with Crippen LogP contribution >= 0.6 is 23.1 Å². The maximum Gasteiger partial charge on any atom is 0.262 e. The molecule has 0 bridgehead atoms. The molecule has 1 aliphatic rings. The zero-order valence-electron chi connectivity index (χ0n) is 16.0. The fourth-order valence-electron chi connectivity index (χ4n) is 3.10. The van der Waals surface area contributed by atoms with Gasteiger partial charge in [0, 0.05) is 37.1 Å². The van der Waals surface area contributed by atoms with Crippen LogP contribution in [0, 0.1) is 0 Å². The van der Waals surface area contributed by atoms with Gasteiger partial charge in [0.25, 0.3) is 5.01 Å². The Hall–Kier alpha value is -1.55. The summed E-state index contributed by atoms with van der Waals surface area (Å²) in [5.41, 5.74) is 0.977. The summed E-state index contributed by atoms with van der Waals surface area (Å²) in [6, 6.07) is 5.86. The van der Waals surface area contributed by atoms with E-state index in [9.17, 15) is 13.0 Å². The molecule has 3 rings (SSSR count). The van der Waals surface area contributed by atoms with Gasteiger partial charge >= 0.3 is 0 Å². The highest BCUT2D eigenvalue weighted by Crippen LogP contribution is 2.28. The Labute approximate surface area is 174 Å². The van der Waals surface area contributed by atoms with Gasteiger partial charge in [-0.2, -0.15) is 4.57 Å². The molecule has 2 heterocycles. The van der Waals surface area contributed by atoms with Crippen molar-refractivity contribution >= 4 is 49.5 Å². The summed E-state index contributed by atoms with van der Waals surface area (Å²) in [5.74, 6) is 1.49. The summed E-state index contributed by atoms with van der Waals surface area (Å²) in [7, 11) is -2.60. The van der Waals surface area contributed by atoms with Gasteiger partial charge in [-0.15, -0.1) is 11.8 Å². The van der Waals surface area contributed by atoms with Crippen molar-refractivity contribution in [2.45, 2.75) is 19.9 Å². The highest BCUT2D eigenvalue weighted by atomic mass is 32.2. The predicted molar refractivity (Wildman–Crippen MR) is 115 cm³/mol. The van der Waals surface area contributed by atoms with E-state index in [2.05, 4.69) is 22.5 Å². The second-order valence-electron chi connectivity index (χ2n) is 6.33. The number of hydrogen-bond acceptors (Lipinski definition) is 7. The van der Waals surface area contributed by atoms with Crippen molar-refractivity contribution in [2.75, 3.05) is 31.7 Å². The lowest BCUT2D eigenvalue weighted by Gasteiger charge is -2.14. The quantitative estimate of drug-likeness (QED) is 0.464. The molecule has 28 heavy (non-hydrogen) atoms. The summed E-state index contributed by atoms with van der Waals surface area (Å²) in [6.45, 7) is 4.69. The molecule has 152 valence electrons. The Kier molecular flexibility index (Phi) is 7.03. The first-order valence-corrected chi connectivity index (χ1v) is 12.5. The molecule has 0 saturated carbocycles. The number of hydrogen-bond donors (Lipinski definition) is 0. The van der Waals surface area contributed by atoms with E-state index >= 15 is 0 Å². The van der Waals surface area contributed by atoms with Gasteiger partial charge in [-0.1, -0.05) is 17.4 Å². The van der Waals surface area contributed by atoms with Crippen LogP contribution in [0.5, 0.6) is 5.75 Å². The molecule has 0 amide bonds. The monoisotopic (exact) mass is 440 g/mol. The molecule has 0 radical (unpaired) electrons. The van der Waals surface area contributed by atoms with Crippen LogP contribution in [0.15, 0.2) is 35.4 Å². The topological polar surface area (TPSA) is 73.5 Å². The van der Waals surface area contributed by atoms with Crippen molar-refractivity contribution in [2.24, 2.45) is 0 Å². The van der Waals surface area contributed by atoms with Crippen molar-refractivity contribution in [3.8, 4) is 5.75 Å². The predicted octanol–water partition coefficient (Wildman–Crippen LogP) is 3.06. The van der Waals surface area contributed by atoms with Gasteiger partial charge in [-0.25, -0.2) is 8.42 Å². The largest absolute Gasteiger partial charge is 0.748 e. The van der Waals surface area contributed by atoms with Crippen LogP contribution in [0.2, 0.25) is 0 Å². The molecule has 1 fully saturated rings. The minimum atomic E-state index is -4.21. The molecule has 1 aromatic carbocycles. The van der Waals surface area contributed by atoms with Crippen LogP contribution in [-0.2, 0) is 16.7 Å².